The average molecular weight is 325 g/mol. The molecule has 1 unspecified atom stereocenters. The van der Waals surface area contributed by atoms with E-state index in [0.717, 1.165) is 37.7 Å². The number of carbonyl (C=O) groups is 1. The number of esters is 1. The van der Waals surface area contributed by atoms with Gasteiger partial charge in [-0.3, -0.25) is 0 Å². The van der Waals surface area contributed by atoms with Crippen LogP contribution in [0.2, 0.25) is 0 Å². The molecule has 134 valence electrons. The van der Waals surface area contributed by atoms with Crippen LogP contribution >= 0.6 is 0 Å². The molecule has 3 nitrogen and oxygen atoms in total. The Morgan fingerprint density at radius 3 is 2.57 bits per heavy atom. The van der Waals surface area contributed by atoms with E-state index in [1.807, 2.05) is 26.8 Å². The molecule has 0 fully saturated rings. The van der Waals surface area contributed by atoms with E-state index in [0.29, 0.717) is 12.5 Å². The highest BCUT2D eigenvalue weighted by molar-refractivity contribution is 5.83. The predicted molar refractivity (Wildman–Crippen MR) is 97.3 cm³/mol. The van der Waals surface area contributed by atoms with E-state index in [1.165, 1.54) is 12.8 Å². The Balaban J connectivity index is 3.96. The second kappa shape index (κ2) is 12.3. The molecular formula is C20H36O3. The van der Waals surface area contributed by atoms with Gasteiger partial charge in [0.15, 0.2) is 0 Å². The number of hydrogen-bond acceptors (Lipinski definition) is 3. The van der Waals surface area contributed by atoms with Crippen molar-refractivity contribution in [2.45, 2.75) is 85.2 Å². The number of hydrogen-bond donors (Lipinski definition) is 1. The lowest BCUT2D eigenvalue weighted by Gasteiger charge is -2.19. The van der Waals surface area contributed by atoms with Crippen molar-refractivity contribution in [3.05, 3.63) is 23.8 Å². The van der Waals surface area contributed by atoms with Crippen molar-refractivity contribution in [3.63, 3.8) is 0 Å². The molecule has 0 saturated heterocycles. The van der Waals surface area contributed by atoms with Gasteiger partial charge < -0.3 is 9.84 Å². The smallest absolute Gasteiger partial charge is 0.331 e. The second-order valence-electron chi connectivity index (χ2n) is 7.21. The van der Waals surface area contributed by atoms with Crippen molar-refractivity contribution in [1.29, 1.82) is 0 Å². The summed E-state index contributed by atoms with van der Waals surface area (Å²) in [5.74, 6) is 0.273. The molecule has 0 aromatic rings. The minimum Gasteiger partial charge on any atom is -0.463 e. The van der Waals surface area contributed by atoms with Crippen molar-refractivity contribution in [3.8, 4) is 0 Å². The van der Waals surface area contributed by atoms with Crippen molar-refractivity contribution in [2.75, 3.05) is 6.61 Å². The Kier molecular flexibility index (Phi) is 11.8. The van der Waals surface area contributed by atoms with Crippen LogP contribution in [0, 0.1) is 5.92 Å². The van der Waals surface area contributed by atoms with Crippen LogP contribution in [-0.2, 0) is 9.53 Å². The largest absolute Gasteiger partial charge is 0.463 e. The summed E-state index contributed by atoms with van der Waals surface area (Å²) in [6, 6.07) is 0. The van der Waals surface area contributed by atoms with Gasteiger partial charge in [-0.25, -0.2) is 4.79 Å². The molecule has 3 heteroatoms. The summed E-state index contributed by atoms with van der Waals surface area (Å²) in [4.78, 5) is 11.6. The standard InChI is InChI=1S/C20H36O3/c1-6-7-8-9-15-23-19(21)16-18(3)12-10-11-17(2)13-14-20(4,5)22/h10,12,16-17,22H,6-9,11,13-15H2,1-5H3. The Hall–Kier alpha value is -1.09. The van der Waals surface area contributed by atoms with E-state index in [9.17, 15) is 9.90 Å². The summed E-state index contributed by atoms with van der Waals surface area (Å²) in [6.07, 6.45) is 12.8. The lowest BCUT2D eigenvalue weighted by atomic mass is 9.94. The van der Waals surface area contributed by atoms with E-state index >= 15 is 0 Å². The zero-order chi connectivity index (χ0) is 17.7. The lowest BCUT2D eigenvalue weighted by molar-refractivity contribution is -0.137. The zero-order valence-corrected chi connectivity index (χ0v) is 15.7. The van der Waals surface area contributed by atoms with Crippen LogP contribution in [0.1, 0.15) is 79.6 Å². The maximum Gasteiger partial charge on any atom is 0.331 e. The fraction of sp³-hybridized carbons (Fsp3) is 0.750. The van der Waals surface area contributed by atoms with Crippen LogP contribution in [-0.4, -0.2) is 23.3 Å². The third kappa shape index (κ3) is 15.6. The number of rotatable bonds is 12. The summed E-state index contributed by atoms with van der Waals surface area (Å²) >= 11 is 0. The fourth-order valence-corrected chi connectivity index (χ4v) is 2.18. The van der Waals surface area contributed by atoms with Crippen LogP contribution in [0.25, 0.3) is 0 Å². The van der Waals surface area contributed by atoms with Crippen LogP contribution < -0.4 is 0 Å². The molecule has 0 aliphatic heterocycles. The topological polar surface area (TPSA) is 46.5 Å². The molecule has 0 bridgehead atoms. The first kappa shape index (κ1) is 21.9. The number of unbranched alkanes of at least 4 members (excludes halogenated alkanes) is 3. The Morgan fingerprint density at radius 2 is 1.96 bits per heavy atom. The summed E-state index contributed by atoms with van der Waals surface area (Å²) in [6.45, 7) is 10.5. The van der Waals surface area contributed by atoms with Gasteiger partial charge in [0.2, 0.25) is 0 Å². The highest BCUT2D eigenvalue weighted by Crippen LogP contribution is 2.18. The van der Waals surface area contributed by atoms with Gasteiger partial charge in [0, 0.05) is 6.08 Å². The van der Waals surface area contributed by atoms with E-state index < -0.39 is 5.60 Å². The molecule has 23 heavy (non-hydrogen) atoms. The third-order valence-corrected chi connectivity index (χ3v) is 3.76. The van der Waals surface area contributed by atoms with Gasteiger partial charge >= 0.3 is 5.97 Å². The van der Waals surface area contributed by atoms with Crippen molar-refractivity contribution < 1.29 is 14.6 Å². The molecule has 1 N–H and O–H groups in total. The van der Waals surface area contributed by atoms with E-state index in [2.05, 4.69) is 19.9 Å². The molecule has 0 aliphatic rings. The first-order valence-corrected chi connectivity index (χ1v) is 8.98. The highest BCUT2D eigenvalue weighted by Gasteiger charge is 2.13. The Morgan fingerprint density at radius 1 is 1.26 bits per heavy atom. The number of allylic oxidation sites excluding steroid dienone is 3. The lowest BCUT2D eigenvalue weighted by Crippen LogP contribution is -2.19. The summed E-state index contributed by atoms with van der Waals surface area (Å²) in [5.41, 5.74) is 0.326. The van der Waals surface area contributed by atoms with Crippen LogP contribution in [0.4, 0.5) is 0 Å². The molecule has 1 atom stereocenters. The molecule has 0 spiro atoms. The van der Waals surface area contributed by atoms with Gasteiger partial charge in [-0.05, 0) is 57.9 Å². The summed E-state index contributed by atoms with van der Waals surface area (Å²) in [5, 5.41) is 9.72. The maximum absolute atomic E-state index is 11.6. The molecule has 0 saturated carbocycles. The zero-order valence-electron chi connectivity index (χ0n) is 15.7. The van der Waals surface area contributed by atoms with Crippen LogP contribution in [0.5, 0.6) is 0 Å². The monoisotopic (exact) mass is 324 g/mol. The second-order valence-corrected chi connectivity index (χ2v) is 7.21. The van der Waals surface area contributed by atoms with Crippen molar-refractivity contribution in [1.82, 2.24) is 0 Å². The fourth-order valence-electron chi connectivity index (χ4n) is 2.18. The molecule has 0 aromatic carbocycles. The van der Waals surface area contributed by atoms with E-state index in [-0.39, 0.29) is 5.97 Å². The first-order chi connectivity index (χ1) is 10.7. The normalized spacial score (nSPS) is 14.3. The predicted octanol–water partition coefficient (Wildman–Crippen LogP) is 5.19. The number of aliphatic hydroxyl groups is 1. The minimum atomic E-state index is -0.589. The van der Waals surface area contributed by atoms with Gasteiger partial charge in [-0.1, -0.05) is 45.3 Å². The quantitative estimate of drug-likeness (QED) is 0.232. The summed E-state index contributed by atoms with van der Waals surface area (Å²) in [7, 11) is 0. The van der Waals surface area contributed by atoms with Crippen LogP contribution in [0.3, 0.4) is 0 Å². The number of carbonyl (C=O) groups excluding carboxylic acids is 1. The SMILES string of the molecule is CCCCCCOC(=O)C=C(C)C=CCC(C)CCC(C)(C)O. The number of ether oxygens (including phenoxy) is 1. The van der Waals surface area contributed by atoms with Gasteiger partial charge in [-0.2, -0.15) is 0 Å². The van der Waals surface area contributed by atoms with Gasteiger partial charge in [0.1, 0.15) is 0 Å². The van der Waals surface area contributed by atoms with Crippen molar-refractivity contribution >= 4 is 5.97 Å². The molecular weight excluding hydrogens is 288 g/mol. The highest BCUT2D eigenvalue weighted by atomic mass is 16.5. The van der Waals surface area contributed by atoms with E-state index in [4.69, 9.17) is 4.74 Å². The maximum atomic E-state index is 11.6. The molecule has 0 aromatic heterocycles. The molecule has 0 radical (unpaired) electrons. The van der Waals surface area contributed by atoms with Crippen LogP contribution in [0.15, 0.2) is 23.8 Å². The average Bonchev–Trinajstić information content (AvgIpc) is 2.44. The minimum absolute atomic E-state index is 0.251. The van der Waals surface area contributed by atoms with Gasteiger partial charge in [-0.15, -0.1) is 0 Å². The van der Waals surface area contributed by atoms with Gasteiger partial charge in [0.05, 0.1) is 12.2 Å². The molecule has 0 rings (SSSR count). The Labute approximate surface area is 142 Å². The third-order valence-electron chi connectivity index (χ3n) is 3.76. The van der Waals surface area contributed by atoms with Gasteiger partial charge in [0.25, 0.3) is 0 Å². The molecule has 0 heterocycles. The Bertz CT molecular complexity index is 375. The molecule has 0 aliphatic carbocycles. The summed E-state index contributed by atoms with van der Waals surface area (Å²) < 4.78 is 5.19. The molecule has 0 amide bonds. The van der Waals surface area contributed by atoms with Crippen molar-refractivity contribution in [2.24, 2.45) is 5.92 Å². The first-order valence-electron chi connectivity index (χ1n) is 8.98. The van der Waals surface area contributed by atoms with E-state index in [1.54, 1.807) is 6.08 Å².